The predicted octanol–water partition coefficient (Wildman–Crippen LogP) is 7.69. The Morgan fingerprint density at radius 2 is 1.46 bits per heavy atom. The Morgan fingerprint density at radius 1 is 0.902 bits per heavy atom. The monoisotopic (exact) mass is 598 g/mol. The van der Waals surface area contributed by atoms with Crippen LogP contribution in [0.3, 0.4) is 0 Å². The van der Waals surface area contributed by atoms with Gasteiger partial charge in [-0.1, -0.05) is 24.3 Å². The molecular formula is C29H28F6N2O3S. The Bertz CT molecular complexity index is 1400. The Labute approximate surface area is 237 Å². The smallest absolute Gasteiger partial charge is 0.416 e. The number of amides is 1. The number of hydrogen-bond donors (Lipinski definition) is 0. The molecular weight excluding hydrogens is 570 g/mol. The topological polar surface area (TPSA) is 59.5 Å². The summed E-state index contributed by atoms with van der Waals surface area (Å²) in [6, 6.07) is 10.2. The number of rotatable bonds is 8. The van der Waals surface area contributed by atoms with Crippen LogP contribution in [0.1, 0.15) is 42.5 Å². The average Bonchev–Trinajstić information content (AvgIpc) is 2.91. The van der Waals surface area contributed by atoms with Crippen molar-refractivity contribution >= 4 is 29.3 Å². The Kier molecular flexibility index (Phi) is 9.47. The molecule has 1 amide bonds. The third kappa shape index (κ3) is 7.41. The van der Waals surface area contributed by atoms with Gasteiger partial charge in [0.05, 0.1) is 47.0 Å². The molecule has 0 aliphatic rings. The first-order valence-corrected chi connectivity index (χ1v) is 13.3. The van der Waals surface area contributed by atoms with Gasteiger partial charge >= 0.3 is 18.3 Å². The highest BCUT2D eigenvalue weighted by atomic mass is 32.2. The second-order valence-electron chi connectivity index (χ2n) is 9.81. The number of benzene rings is 2. The van der Waals surface area contributed by atoms with E-state index in [2.05, 4.69) is 9.72 Å². The average molecular weight is 599 g/mol. The van der Waals surface area contributed by atoms with Crippen LogP contribution in [-0.2, 0) is 32.1 Å². The Morgan fingerprint density at radius 3 is 2.00 bits per heavy atom. The van der Waals surface area contributed by atoms with Crippen LogP contribution in [-0.4, -0.2) is 36.8 Å². The zero-order valence-electron chi connectivity index (χ0n) is 22.9. The molecule has 0 fully saturated rings. The van der Waals surface area contributed by atoms with Crippen molar-refractivity contribution in [1.82, 2.24) is 4.98 Å². The van der Waals surface area contributed by atoms with Crippen LogP contribution in [0.4, 0.5) is 32.0 Å². The van der Waals surface area contributed by atoms with Gasteiger partial charge in [0.15, 0.2) is 0 Å². The number of methoxy groups -OCH3 is 1. The van der Waals surface area contributed by atoms with E-state index in [1.165, 1.54) is 50.9 Å². The number of halogens is 6. The molecule has 0 aliphatic heterocycles. The van der Waals surface area contributed by atoms with Gasteiger partial charge in [-0.3, -0.25) is 9.59 Å². The van der Waals surface area contributed by atoms with Gasteiger partial charge < -0.3 is 9.64 Å². The summed E-state index contributed by atoms with van der Waals surface area (Å²) in [5.41, 5.74) is -2.73. The van der Waals surface area contributed by atoms with E-state index in [9.17, 15) is 35.9 Å². The zero-order valence-corrected chi connectivity index (χ0v) is 23.7. The van der Waals surface area contributed by atoms with Gasteiger partial charge in [-0.05, 0) is 61.7 Å². The van der Waals surface area contributed by atoms with Crippen LogP contribution >= 0.6 is 11.8 Å². The van der Waals surface area contributed by atoms with E-state index in [0.29, 0.717) is 34.2 Å². The van der Waals surface area contributed by atoms with Gasteiger partial charge in [-0.2, -0.15) is 26.3 Å². The molecule has 3 aromatic rings. The summed E-state index contributed by atoms with van der Waals surface area (Å²) in [7, 11) is 2.68. The highest BCUT2D eigenvalue weighted by molar-refractivity contribution is 7.99. The van der Waals surface area contributed by atoms with Crippen molar-refractivity contribution in [2.24, 2.45) is 0 Å². The number of ether oxygens (including phenoxy) is 1. The molecule has 220 valence electrons. The summed E-state index contributed by atoms with van der Waals surface area (Å²) in [5, 5.41) is 0.545. The van der Waals surface area contributed by atoms with Crippen molar-refractivity contribution in [2.75, 3.05) is 24.8 Å². The summed E-state index contributed by atoms with van der Waals surface area (Å²) in [6.07, 6.45) is -8.54. The van der Waals surface area contributed by atoms with E-state index in [0.717, 1.165) is 11.1 Å². The lowest BCUT2D eigenvalue weighted by Crippen LogP contribution is -2.42. The number of likely N-dealkylation sites (N-methyl/N-ethyl adjacent to an activating group) is 1. The molecule has 0 N–H and O–H groups in total. The van der Waals surface area contributed by atoms with Gasteiger partial charge in [-0.15, -0.1) is 11.8 Å². The predicted molar refractivity (Wildman–Crippen MR) is 145 cm³/mol. The number of carbonyl (C=O) groups is 2. The van der Waals surface area contributed by atoms with E-state index in [1.807, 2.05) is 25.1 Å². The second kappa shape index (κ2) is 12.1. The van der Waals surface area contributed by atoms with Crippen LogP contribution in [0.15, 0.2) is 59.8 Å². The van der Waals surface area contributed by atoms with Crippen LogP contribution < -0.4 is 4.90 Å². The molecule has 0 unspecified atom stereocenters. The third-order valence-electron chi connectivity index (χ3n) is 6.59. The van der Waals surface area contributed by atoms with E-state index >= 15 is 0 Å². The van der Waals surface area contributed by atoms with Crippen LogP contribution in [0.5, 0.6) is 0 Å². The molecule has 3 rings (SSSR count). The Hall–Kier alpha value is -3.54. The summed E-state index contributed by atoms with van der Waals surface area (Å²) in [6.45, 7) is 4.41. The lowest BCUT2D eigenvalue weighted by molar-refractivity contribution is -0.143. The number of anilines is 1. The molecule has 5 nitrogen and oxygen atoms in total. The molecule has 12 heteroatoms. The normalized spacial score (nSPS) is 12.3. The van der Waals surface area contributed by atoms with Gasteiger partial charge in [0.25, 0.3) is 0 Å². The highest BCUT2D eigenvalue weighted by Crippen LogP contribution is 2.41. The largest absolute Gasteiger partial charge is 0.469 e. The molecule has 2 aromatic carbocycles. The maximum atomic E-state index is 13.8. The lowest BCUT2D eigenvalue weighted by atomic mass is 9.81. The molecule has 41 heavy (non-hydrogen) atoms. The van der Waals surface area contributed by atoms with E-state index in [-0.39, 0.29) is 18.5 Å². The van der Waals surface area contributed by atoms with Crippen LogP contribution in [0, 0.1) is 6.92 Å². The molecule has 0 atom stereocenters. The minimum atomic E-state index is -5.05. The SMILES string of the molecule is COC(=O)CCSc1cc(-c2ccccc2C)c(N(C)C(=O)C(C)(C)c2cc(C(F)(F)F)cc(C(F)(F)F)c2)cn1. The maximum absolute atomic E-state index is 13.8. The first-order chi connectivity index (χ1) is 19.0. The van der Waals surface area contributed by atoms with E-state index < -0.39 is 40.4 Å². The van der Waals surface area contributed by atoms with E-state index in [4.69, 9.17) is 0 Å². The van der Waals surface area contributed by atoms with Gasteiger partial charge in [0, 0.05) is 18.4 Å². The molecule has 0 saturated heterocycles. The summed E-state index contributed by atoms with van der Waals surface area (Å²) in [4.78, 5) is 30.9. The molecule has 0 radical (unpaired) electrons. The van der Waals surface area contributed by atoms with Crippen LogP contribution in [0.2, 0.25) is 0 Å². The van der Waals surface area contributed by atoms with Crippen LogP contribution in [0.25, 0.3) is 11.1 Å². The number of thioether (sulfide) groups is 1. The van der Waals surface area contributed by atoms with E-state index in [1.54, 1.807) is 12.1 Å². The first-order valence-electron chi connectivity index (χ1n) is 12.3. The minimum Gasteiger partial charge on any atom is -0.469 e. The number of hydrogen-bond acceptors (Lipinski definition) is 5. The minimum absolute atomic E-state index is 0.0323. The number of carbonyl (C=O) groups excluding carboxylic acids is 2. The van der Waals surface area contributed by atoms with Crippen molar-refractivity contribution in [1.29, 1.82) is 0 Å². The van der Waals surface area contributed by atoms with Crippen molar-refractivity contribution < 1.29 is 40.7 Å². The fourth-order valence-corrected chi connectivity index (χ4v) is 4.98. The fraction of sp³-hybridized carbons (Fsp3) is 0.345. The molecule has 1 heterocycles. The second-order valence-corrected chi connectivity index (χ2v) is 10.9. The van der Waals surface area contributed by atoms with Crippen molar-refractivity contribution in [3.05, 3.63) is 77.0 Å². The fourth-order valence-electron chi connectivity index (χ4n) is 4.17. The molecule has 0 saturated carbocycles. The number of aryl methyl sites for hydroxylation is 1. The molecule has 1 aromatic heterocycles. The summed E-state index contributed by atoms with van der Waals surface area (Å²) >= 11 is 1.29. The Balaban J connectivity index is 2.08. The number of aromatic nitrogens is 1. The summed E-state index contributed by atoms with van der Waals surface area (Å²) < 4.78 is 85.8. The number of alkyl halides is 6. The number of esters is 1. The lowest BCUT2D eigenvalue weighted by Gasteiger charge is -2.32. The van der Waals surface area contributed by atoms with Crippen molar-refractivity contribution in [3.8, 4) is 11.1 Å². The van der Waals surface area contributed by atoms with Gasteiger partial charge in [0.2, 0.25) is 5.91 Å². The maximum Gasteiger partial charge on any atom is 0.416 e. The van der Waals surface area contributed by atoms with Crippen molar-refractivity contribution in [3.63, 3.8) is 0 Å². The number of nitrogens with zero attached hydrogens (tertiary/aromatic N) is 2. The quantitative estimate of drug-likeness (QED) is 0.151. The third-order valence-corrected chi connectivity index (χ3v) is 7.51. The number of pyridine rings is 1. The molecule has 0 spiro atoms. The van der Waals surface area contributed by atoms with Gasteiger partial charge in [0.1, 0.15) is 0 Å². The van der Waals surface area contributed by atoms with Crippen molar-refractivity contribution in [2.45, 2.75) is 50.0 Å². The standard InChI is InChI=1S/C29H28F6N2O3S/c1-17-8-6-7-9-21(17)22-15-24(41-11-10-25(38)40-5)36-16-23(22)37(4)26(39)27(2,3)18-12-19(28(30,31)32)14-20(13-18)29(33,34)35/h6-9,12-16H,10-11H2,1-5H3. The summed E-state index contributed by atoms with van der Waals surface area (Å²) in [5.74, 6) is -0.748. The highest BCUT2D eigenvalue weighted by Gasteiger charge is 2.41. The zero-order chi connectivity index (χ0) is 30.8. The van der Waals surface area contributed by atoms with Gasteiger partial charge in [-0.25, -0.2) is 4.98 Å². The molecule has 0 aliphatic carbocycles. The first kappa shape index (κ1) is 32.0. The molecule has 0 bridgehead atoms.